The highest BCUT2D eigenvalue weighted by molar-refractivity contribution is 5.83. The number of hydrogen-bond donors (Lipinski definition) is 0. The van der Waals surface area contributed by atoms with E-state index in [1.807, 2.05) is 26.0 Å². The maximum Gasteiger partial charge on any atom is 0.336 e. The Bertz CT molecular complexity index is 1140. The largest absolute Gasteiger partial charge is 0.438 e. The van der Waals surface area contributed by atoms with E-state index in [0.717, 1.165) is 10.9 Å². The molecule has 0 aliphatic heterocycles. The first-order chi connectivity index (χ1) is 12.0. The van der Waals surface area contributed by atoms with Crippen LogP contribution in [0, 0.1) is 6.92 Å². The molecule has 0 saturated heterocycles. The maximum atomic E-state index is 11.8. The van der Waals surface area contributed by atoms with Crippen LogP contribution in [0.25, 0.3) is 22.1 Å². The molecule has 4 aromatic rings. The molecular weight excluding hydrogens is 322 g/mol. The van der Waals surface area contributed by atoms with Crippen LogP contribution >= 0.6 is 0 Å². The summed E-state index contributed by atoms with van der Waals surface area (Å²) in [6, 6.07) is 6.90. The Morgan fingerprint density at radius 3 is 2.80 bits per heavy atom. The summed E-state index contributed by atoms with van der Waals surface area (Å²) in [6.45, 7) is 5.85. The van der Waals surface area contributed by atoms with E-state index >= 15 is 0 Å². The van der Waals surface area contributed by atoms with E-state index in [1.54, 1.807) is 13.0 Å². The first-order valence-electron chi connectivity index (χ1n) is 7.85. The van der Waals surface area contributed by atoms with Crippen LogP contribution in [0.4, 0.5) is 0 Å². The van der Waals surface area contributed by atoms with Crippen molar-refractivity contribution in [2.75, 3.05) is 0 Å². The van der Waals surface area contributed by atoms with Crippen molar-refractivity contribution >= 4 is 22.1 Å². The van der Waals surface area contributed by atoms with Crippen molar-refractivity contribution in [3.05, 3.63) is 52.3 Å². The van der Waals surface area contributed by atoms with Gasteiger partial charge in [0.2, 0.25) is 5.88 Å². The zero-order valence-electron chi connectivity index (χ0n) is 13.9. The van der Waals surface area contributed by atoms with Crippen molar-refractivity contribution < 1.29 is 13.7 Å². The molecule has 0 N–H and O–H groups in total. The summed E-state index contributed by atoms with van der Waals surface area (Å²) in [4.78, 5) is 20.0. The molecule has 0 amide bonds. The number of hydrogen-bond acceptors (Lipinski definition) is 7. The van der Waals surface area contributed by atoms with E-state index in [9.17, 15) is 4.79 Å². The normalized spacial score (nSPS) is 11.5. The molecule has 25 heavy (non-hydrogen) atoms. The molecule has 1 aromatic carbocycles. The number of benzene rings is 1. The Balaban J connectivity index is 1.82. The van der Waals surface area contributed by atoms with Crippen LogP contribution in [-0.4, -0.2) is 15.1 Å². The van der Waals surface area contributed by atoms with Crippen LogP contribution in [0.5, 0.6) is 11.6 Å². The van der Waals surface area contributed by atoms with Crippen molar-refractivity contribution in [2.24, 2.45) is 0 Å². The SMILES string of the molecule is Cc1noc2ncnc(Oc3ccc4c(C(C)C)cc(=O)oc4c3)c12. The van der Waals surface area contributed by atoms with Gasteiger partial charge >= 0.3 is 5.63 Å². The summed E-state index contributed by atoms with van der Waals surface area (Å²) < 4.78 is 16.3. The van der Waals surface area contributed by atoms with Gasteiger partial charge in [0.25, 0.3) is 5.71 Å². The first-order valence-corrected chi connectivity index (χ1v) is 7.85. The fourth-order valence-electron chi connectivity index (χ4n) is 2.79. The smallest absolute Gasteiger partial charge is 0.336 e. The number of ether oxygens (including phenoxy) is 1. The molecule has 0 spiro atoms. The second kappa shape index (κ2) is 5.70. The quantitative estimate of drug-likeness (QED) is 0.523. The van der Waals surface area contributed by atoms with Gasteiger partial charge in [-0.1, -0.05) is 19.0 Å². The van der Waals surface area contributed by atoms with Crippen LogP contribution in [0.1, 0.15) is 31.0 Å². The van der Waals surface area contributed by atoms with Gasteiger partial charge in [0.15, 0.2) is 0 Å². The third kappa shape index (κ3) is 2.63. The molecule has 126 valence electrons. The van der Waals surface area contributed by atoms with Gasteiger partial charge in [0.05, 0.1) is 5.69 Å². The molecule has 0 fully saturated rings. The lowest BCUT2D eigenvalue weighted by molar-refractivity contribution is 0.440. The van der Waals surface area contributed by atoms with Crippen molar-refractivity contribution in [1.82, 2.24) is 15.1 Å². The minimum absolute atomic E-state index is 0.208. The van der Waals surface area contributed by atoms with Crippen LogP contribution in [-0.2, 0) is 0 Å². The van der Waals surface area contributed by atoms with Gasteiger partial charge in [-0.2, -0.15) is 4.98 Å². The average molecular weight is 337 g/mol. The molecule has 4 rings (SSSR count). The number of aromatic nitrogens is 3. The Kier molecular flexibility index (Phi) is 3.49. The van der Waals surface area contributed by atoms with E-state index in [4.69, 9.17) is 13.7 Å². The van der Waals surface area contributed by atoms with Crippen LogP contribution < -0.4 is 10.4 Å². The Labute approximate surface area is 142 Å². The van der Waals surface area contributed by atoms with Gasteiger partial charge in [-0.25, -0.2) is 9.78 Å². The van der Waals surface area contributed by atoms with Gasteiger partial charge in [0.1, 0.15) is 23.0 Å². The van der Waals surface area contributed by atoms with Gasteiger partial charge < -0.3 is 13.7 Å². The summed E-state index contributed by atoms with van der Waals surface area (Å²) >= 11 is 0. The van der Waals surface area contributed by atoms with Gasteiger partial charge in [-0.15, -0.1) is 0 Å². The lowest BCUT2D eigenvalue weighted by Gasteiger charge is -2.10. The molecule has 0 radical (unpaired) electrons. The molecule has 0 bridgehead atoms. The lowest BCUT2D eigenvalue weighted by atomic mass is 10.00. The minimum atomic E-state index is -0.382. The molecule has 0 saturated carbocycles. The third-order valence-corrected chi connectivity index (χ3v) is 3.99. The lowest BCUT2D eigenvalue weighted by Crippen LogP contribution is -2.02. The Morgan fingerprint density at radius 2 is 2.00 bits per heavy atom. The molecule has 0 aliphatic carbocycles. The van der Waals surface area contributed by atoms with Crippen molar-refractivity contribution in [2.45, 2.75) is 26.7 Å². The van der Waals surface area contributed by atoms with Gasteiger partial charge in [-0.05, 0) is 30.5 Å². The number of nitrogens with zero attached hydrogens (tertiary/aromatic N) is 3. The molecule has 7 nitrogen and oxygen atoms in total. The van der Waals surface area contributed by atoms with Crippen molar-refractivity contribution in [1.29, 1.82) is 0 Å². The highest BCUT2D eigenvalue weighted by atomic mass is 16.5. The molecule has 0 atom stereocenters. The highest BCUT2D eigenvalue weighted by Gasteiger charge is 2.15. The van der Waals surface area contributed by atoms with Gasteiger partial charge in [-0.3, -0.25) is 0 Å². The summed E-state index contributed by atoms with van der Waals surface area (Å²) in [5, 5.41) is 5.37. The molecule has 3 aromatic heterocycles. The average Bonchev–Trinajstić information content (AvgIpc) is 2.96. The zero-order valence-corrected chi connectivity index (χ0v) is 13.9. The fourth-order valence-corrected chi connectivity index (χ4v) is 2.79. The van der Waals surface area contributed by atoms with E-state index < -0.39 is 0 Å². The second-order valence-corrected chi connectivity index (χ2v) is 6.06. The number of aryl methyl sites for hydroxylation is 1. The van der Waals surface area contributed by atoms with Crippen molar-refractivity contribution in [3.63, 3.8) is 0 Å². The van der Waals surface area contributed by atoms with E-state index in [2.05, 4.69) is 15.1 Å². The highest BCUT2D eigenvalue weighted by Crippen LogP contribution is 2.32. The number of rotatable bonds is 3. The predicted molar refractivity (Wildman–Crippen MR) is 91.0 cm³/mol. The molecule has 7 heteroatoms. The zero-order chi connectivity index (χ0) is 17.6. The first kappa shape index (κ1) is 15.3. The van der Waals surface area contributed by atoms with Crippen LogP contribution in [0.2, 0.25) is 0 Å². The standard InChI is InChI=1S/C18H15N3O4/c1-9(2)13-7-15(22)24-14-6-11(4-5-12(13)14)23-17-16-10(3)21-25-18(16)20-8-19-17/h4-9H,1-3H3. The molecular formula is C18H15N3O4. The van der Waals surface area contributed by atoms with E-state index in [-0.39, 0.29) is 11.5 Å². The fraction of sp³-hybridized carbons (Fsp3) is 0.222. The van der Waals surface area contributed by atoms with E-state index in [1.165, 1.54) is 12.4 Å². The van der Waals surface area contributed by atoms with Crippen LogP contribution in [0.3, 0.4) is 0 Å². The summed E-state index contributed by atoms with van der Waals surface area (Å²) in [6.07, 6.45) is 1.35. The molecule has 3 heterocycles. The summed E-state index contributed by atoms with van der Waals surface area (Å²) in [7, 11) is 0. The van der Waals surface area contributed by atoms with Gasteiger partial charge in [0, 0.05) is 17.5 Å². The Morgan fingerprint density at radius 1 is 1.16 bits per heavy atom. The minimum Gasteiger partial charge on any atom is -0.438 e. The Hall–Kier alpha value is -3.22. The monoisotopic (exact) mass is 337 g/mol. The van der Waals surface area contributed by atoms with Crippen molar-refractivity contribution in [3.8, 4) is 11.6 Å². The maximum absolute atomic E-state index is 11.8. The summed E-state index contributed by atoms with van der Waals surface area (Å²) in [5.74, 6) is 1.04. The second-order valence-electron chi connectivity index (χ2n) is 6.06. The van der Waals surface area contributed by atoms with E-state index in [0.29, 0.717) is 34.0 Å². The molecule has 0 unspecified atom stereocenters. The predicted octanol–water partition coefficient (Wildman–Crippen LogP) is 3.95. The molecule has 0 aliphatic rings. The third-order valence-electron chi connectivity index (χ3n) is 3.99. The number of fused-ring (bicyclic) bond motifs is 2. The van der Waals surface area contributed by atoms with Crippen LogP contribution in [0.15, 0.2) is 44.3 Å². The summed E-state index contributed by atoms with van der Waals surface area (Å²) in [5.41, 5.74) is 2.03. The topological polar surface area (TPSA) is 91.3 Å².